The molecule has 0 radical (unpaired) electrons. The molecule has 0 spiro atoms. The average molecular weight is 416 g/mol. The predicted octanol–water partition coefficient (Wildman–Crippen LogP) is 4.40. The molecule has 2 aliphatic heterocycles. The van der Waals surface area contributed by atoms with Gasteiger partial charge in [-0.05, 0) is 49.6 Å². The second-order valence-corrected chi connectivity index (χ2v) is 8.03. The van der Waals surface area contributed by atoms with Crippen LogP contribution in [0.1, 0.15) is 52.6 Å². The van der Waals surface area contributed by atoms with Crippen LogP contribution in [-0.2, 0) is 5.92 Å². The van der Waals surface area contributed by atoms with Gasteiger partial charge in [0.15, 0.2) is 0 Å². The molecule has 6 nitrogen and oxygen atoms in total. The highest BCUT2D eigenvalue weighted by Crippen LogP contribution is 2.44. The van der Waals surface area contributed by atoms with E-state index in [2.05, 4.69) is 15.1 Å². The Kier molecular flexibility index (Phi) is 4.23. The minimum atomic E-state index is -3.28. The summed E-state index contributed by atoms with van der Waals surface area (Å²) in [5.41, 5.74) is 1.05. The first-order chi connectivity index (χ1) is 14.3. The summed E-state index contributed by atoms with van der Waals surface area (Å²) < 4.78 is 48.6. The van der Waals surface area contributed by atoms with Gasteiger partial charge < -0.3 is 14.4 Å². The Morgan fingerprint density at radius 1 is 1.27 bits per heavy atom. The van der Waals surface area contributed by atoms with Crippen molar-refractivity contribution >= 4 is 5.91 Å². The molecule has 2 atom stereocenters. The van der Waals surface area contributed by atoms with E-state index in [0.29, 0.717) is 24.6 Å². The number of H-pyrrole nitrogens is 1. The maximum Gasteiger partial charge on any atom is 0.276 e. The van der Waals surface area contributed by atoms with Crippen molar-refractivity contribution in [2.45, 2.75) is 44.1 Å². The van der Waals surface area contributed by atoms with Gasteiger partial charge in [-0.3, -0.25) is 4.79 Å². The summed E-state index contributed by atoms with van der Waals surface area (Å²) >= 11 is 0. The fourth-order valence-corrected chi connectivity index (χ4v) is 4.40. The van der Waals surface area contributed by atoms with E-state index in [1.54, 1.807) is 0 Å². The highest BCUT2D eigenvalue weighted by atomic mass is 19.3. The molecule has 0 saturated carbocycles. The van der Waals surface area contributed by atoms with Gasteiger partial charge >= 0.3 is 0 Å². The van der Waals surface area contributed by atoms with Gasteiger partial charge in [0.25, 0.3) is 11.8 Å². The second kappa shape index (κ2) is 6.72. The van der Waals surface area contributed by atoms with Gasteiger partial charge in [-0.25, -0.2) is 13.2 Å². The lowest BCUT2D eigenvalue weighted by Gasteiger charge is -2.38. The van der Waals surface area contributed by atoms with Gasteiger partial charge in [-0.1, -0.05) is 5.16 Å². The zero-order valence-corrected chi connectivity index (χ0v) is 16.2. The number of nitrogens with one attached hydrogen (secondary N) is 1. The Morgan fingerprint density at radius 2 is 2.10 bits per heavy atom. The number of piperidine rings is 1. The molecule has 9 heteroatoms. The lowest BCUT2D eigenvalue weighted by atomic mass is 9.89. The predicted molar refractivity (Wildman–Crippen MR) is 101 cm³/mol. The van der Waals surface area contributed by atoms with Gasteiger partial charge in [0.05, 0.1) is 11.6 Å². The molecule has 2 aromatic heterocycles. The molecule has 0 bridgehead atoms. The fraction of sp³-hybridized carbons (Fsp3) is 0.381. The number of hydrogen-bond acceptors (Lipinski definition) is 4. The van der Waals surface area contributed by atoms with E-state index in [-0.39, 0.29) is 18.0 Å². The maximum atomic E-state index is 14.8. The van der Waals surface area contributed by atoms with Crippen molar-refractivity contribution in [1.29, 1.82) is 0 Å². The molecule has 1 amide bonds. The third-order valence-electron chi connectivity index (χ3n) is 5.92. The van der Waals surface area contributed by atoms with Crippen molar-refractivity contribution in [1.82, 2.24) is 20.0 Å². The van der Waals surface area contributed by atoms with Crippen LogP contribution in [-0.4, -0.2) is 38.5 Å². The molecule has 1 aromatic carbocycles. The lowest BCUT2D eigenvalue weighted by molar-refractivity contribution is -0.0372. The van der Waals surface area contributed by atoms with Crippen LogP contribution in [0, 0.1) is 12.7 Å². The normalized spacial score (nSPS) is 23.1. The summed E-state index contributed by atoms with van der Waals surface area (Å²) in [6.07, 6.45) is 2.22. The number of halogens is 3. The van der Waals surface area contributed by atoms with Crippen LogP contribution in [0.5, 0.6) is 0 Å². The number of rotatable bonds is 2. The van der Waals surface area contributed by atoms with Crippen LogP contribution >= 0.6 is 0 Å². The maximum absolute atomic E-state index is 14.8. The van der Waals surface area contributed by atoms with Crippen LogP contribution < -0.4 is 0 Å². The van der Waals surface area contributed by atoms with E-state index < -0.39 is 35.7 Å². The van der Waals surface area contributed by atoms with Crippen LogP contribution in [0.4, 0.5) is 13.2 Å². The highest BCUT2D eigenvalue weighted by molar-refractivity contribution is 5.96. The molecule has 0 unspecified atom stereocenters. The molecule has 1 N–H and O–H groups in total. The van der Waals surface area contributed by atoms with Crippen LogP contribution in [0.15, 0.2) is 35.0 Å². The average Bonchev–Trinajstić information content (AvgIpc) is 3.35. The molecule has 0 aliphatic carbocycles. The van der Waals surface area contributed by atoms with Gasteiger partial charge in [-0.2, -0.15) is 4.98 Å². The van der Waals surface area contributed by atoms with Gasteiger partial charge in [0, 0.05) is 36.3 Å². The summed E-state index contributed by atoms with van der Waals surface area (Å²) in [5, 5.41) is 4.00. The molecule has 1 fully saturated rings. The van der Waals surface area contributed by atoms with Crippen molar-refractivity contribution in [2.75, 3.05) is 6.54 Å². The molecule has 3 aromatic rings. The van der Waals surface area contributed by atoms with Crippen LogP contribution in [0.3, 0.4) is 0 Å². The van der Waals surface area contributed by atoms with Crippen LogP contribution in [0.25, 0.3) is 11.5 Å². The second-order valence-electron chi connectivity index (χ2n) is 8.03. The first kappa shape index (κ1) is 18.9. The molecule has 2 aliphatic rings. The van der Waals surface area contributed by atoms with Crippen LogP contribution in [0.2, 0.25) is 0 Å². The number of aromatic amines is 1. The number of aromatic nitrogens is 3. The standard InChI is InChI=1S/C21H19F3N4O2/c1-11-6-17(25-9-11)18-26-19(30-27-18)12-2-4-14-8-21(23,24)16-7-13(22)3-5-15(16)20(29)28(14)10-12/h3,5-7,9,12,14,25H,2,4,8,10H2,1H3/t12-,14+/m1/s1. The number of carbonyl (C=O) groups is 1. The summed E-state index contributed by atoms with van der Waals surface area (Å²) in [6, 6.07) is 4.21. The van der Waals surface area contributed by atoms with Crippen molar-refractivity contribution in [3.8, 4) is 11.5 Å². The van der Waals surface area contributed by atoms with E-state index in [1.807, 2.05) is 19.2 Å². The number of nitrogens with zero attached hydrogens (tertiary/aromatic N) is 3. The summed E-state index contributed by atoms with van der Waals surface area (Å²) in [7, 11) is 0. The first-order valence-corrected chi connectivity index (χ1v) is 9.79. The third kappa shape index (κ3) is 3.09. The topological polar surface area (TPSA) is 75.0 Å². The highest BCUT2D eigenvalue weighted by Gasteiger charge is 2.47. The number of benzene rings is 1. The van der Waals surface area contributed by atoms with Crippen molar-refractivity contribution in [2.24, 2.45) is 0 Å². The van der Waals surface area contributed by atoms with Crippen molar-refractivity contribution in [3.63, 3.8) is 0 Å². The van der Waals surface area contributed by atoms with Crippen molar-refractivity contribution in [3.05, 3.63) is 58.9 Å². The minimum absolute atomic E-state index is 0.155. The Bertz CT molecular complexity index is 1120. The number of carbonyl (C=O) groups excluding carboxylic acids is 1. The molecule has 5 rings (SSSR count). The summed E-state index contributed by atoms with van der Waals surface area (Å²) in [4.78, 5) is 22.0. The van der Waals surface area contributed by atoms with Crippen molar-refractivity contribution < 1.29 is 22.5 Å². The quantitative estimate of drug-likeness (QED) is 0.672. The first-order valence-electron chi connectivity index (χ1n) is 9.79. The monoisotopic (exact) mass is 416 g/mol. The molecule has 1 saturated heterocycles. The summed E-state index contributed by atoms with van der Waals surface area (Å²) in [5.74, 6) is -4.04. The van der Waals surface area contributed by atoms with Gasteiger partial charge in [0.2, 0.25) is 11.7 Å². The molecule has 156 valence electrons. The fourth-order valence-electron chi connectivity index (χ4n) is 4.40. The molecular weight excluding hydrogens is 397 g/mol. The van der Waals surface area contributed by atoms with E-state index in [0.717, 1.165) is 29.5 Å². The number of hydrogen-bond donors (Lipinski definition) is 1. The van der Waals surface area contributed by atoms with E-state index >= 15 is 0 Å². The Morgan fingerprint density at radius 3 is 2.87 bits per heavy atom. The molecular formula is C21H19F3N4O2. The Balaban J connectivity index is 1.44. The number of fused-ring (bicyclic) bond motifs is 2. The summed E-state index contributed by atoms with van der Waals surface area (Å²) in [6.45, 7) is 2.13. The number of amides is 1. The third-order valence-corrected chi connectivity index (χ3v) is 5.92. The lowest BCUT2D eigenvalue weighted by Crippen LogP contribution is -2.46. The number of aryl methyl sites for hydroxylation is 1. The van der Waals surface area contributed by atoms with E-state index in [1.165, 1.54) is 4.90 Å². The molecule has 30 heavy (non-hydrogen) atoms. The van der Waals surface area contributed by atoms with E-state index in [9.17, 15) is 18.0 Å². The number of alkyl halides is 2. The Labute approximate surface area is 170 Å². The minimum Gasteiger partial charge on any atom is -0.358 e. The van der Waals surface area contributed by atoms with E-state index in [4.69, 9.17) is 4.52 Å². The molecule has 4 heterocycles. The van der Waals surface area contributed by atoms with Gasteiger partial charge in [0.1, 0.15) is 5.82 Å². The zero-order chi connectivity index (χ0) is 21.0. The zero-order valence-electron chi connectivity index (χ0n) is 16.2. The smallest absolute Gasteiger partial charge is 0.276 e. The Hall–Kier alpha value is -3.10. The largest absolute Gasteiger partial charge is 0.358 e. The van der Waals surface area contributed by atoms with Gasteiger partial charge in [-0.15, -0.1) is 0 Å². The SMILES string of the molecule is Cc1c[nH]c(-c2noc([C@@H]3CC[C@H]4CC(F)(F)c5cc(F)ccc5C(=O)N4C3)n2)c1.